The third-order valence-electron chi connectivity index (χ3n) is 4.56. The van der Waals surface area contributed by atoms with Crippen LogP contribution in [0.3, 0.4) is 0 Å². The fraction of sp³-hybridized carbons (Fsp3) is 0.579. The minimum absolute atomic E-state index is 0.0437. The van der Waals surface area contributed by atoms with Crippen LogP contribution in [-0.4, -0.2) is 41.5 Å². The van der Waals surface area contributed by atoms with E-state index in [2.05, 4.69) is 5.32 Å². The highest BCUT2D eigenvalue weighted by molar-refractivity contribution is 5.87. The third-order valence-corrected chi connectivity index (χ3v) is 4.56. The van der Waals surface area contributed by atoms with Gasteiger partial charge in [0.2, 0.25) is 11.8 Å². The summed E-state index contributed by atoms with van der Waals surface area (Å²) in [6.45, 7) is 6.76. The summed E-state index contributed by atoms with van der Waals surface area (Å²) in [6.07, 6.45) is 1.06. The number of benzene rings is 1. The lowest BCUT2D eigenvalue weighted by molar-refractivity contribution is -0.136. The Labute approximate surface area is 144 Å². The minimum atomic E-state index is -0.493. The SMILES string of the molecule is CC(C)(C)C(=O)NCC(=O)N1CCC(C(O)c2ccccc2)CC1. The molecule has 0 radical (unpaired) electrons. The first kappa shape index (κ1) is 18.5. The van der Waals surface area contributed by atoms with Crippen molar-refractivity contribution >= 4 is 11.8 Å². The molecule has 1 aliphatic heterocycles. The van der Waals surface area contributed by atoms with E-state index >= 15 is 0 Å². The number of carbonyl (C=O) groups is 2. The van der Waals surface area contributed by atoms with E-state index in [-0.39, 0.29) is 24.3 Å². The van der Waals surface area contributed by atoms with Crippen molar-refractivity contribution in [3.63, 3.8) is 0 Å². The van der Waals surface area contributed by atoms with Crippen LogP contribution in [-0.2, 0) is 9.59 Å². The first-order chi connectivity index (χ1) is 11.3. The van der Waals surface area contributed by atoms with Crippen LogP contribution >= 0.6 is 0 Å². The van der Waals surface area contributed by atoms with Crippen molar-refractivity contribution in [2.45, 2.75) is 39.7 Å². The van der Waals surface area contributed by atoms with Gasteiger partial charge in [-0.1, -0.05) is 51.1 Å². The summed E-state index contributed by atoms with van der Waals surface area (Å²) in [7, 11) is 0. The number of carbonyl (C=O) groups excluding carboxylic acids is 2. The van der Waals surface area contributed by atoms with E-state index in [0.29, 0.717) is 13.1 Å². The Hall–Kier alpha value is -1.88. The van der Waals surface area contributed by atoms with Gasteiger partial charge in [-0.2, -0.15) is 0 Å². The number of hydrogen-bond acceptors (Lipinski definition) is 3. The highest BCUT2D eigenvalue weighted by Crippen LogP contribution is 2.30. The molecule has 1 aliphatic rings. The maximum Gasteiger partial charge on any atom is 0.241 e. The molecule has 1 aromatic carbocycles. The van der Waals surface area contributed by atoms with Gasteiger partial charge in [-0.15, -0.1) is 0 Å². The van der Waals surface area contributed by atoms with Crippen LogP contribution in [0.1, 0.15) is 45.3 Å². The van der Waals surface area contributed by atoms with Crippen LogP contribution < -0.4 is 5.32 Å². The largest absolute Gasteiger partial charge is 0.388 e. The lowest BCUT2D eigenvalue weighted by Crippen LogP contribution is -2.46. The molecule has 0 aliphatic carbocycles. The number of rotatable bonds is 4. The molecule has 2 N–H and O–H groups in total. The van der Waals surface area contributed by atoms with Crippen LogP contribution in [0.2, 0.25) is 0 Å². The number of likely N-dealkylation sites (tertiary alicyclic amines) is 1. The van der Waals surface area contributed by atoms with Gasteiger partial charge < -0.3 is 15.3 Å². The second kappa shape index (κ2) is 7.79. The fourth-order valence-corrected chi connectivity index (χ4v) is 2.92. The molecule has 132 valence electrons. The van der Waals surface area contributed by atoms with E-state index in [1.807, 2.05) is 51.1 Å². The van der Waals surface area contributed by atoms with Crippen LogP contribution in [0.25, 0.3) is 0 Å². The second-order valence-corrected chi connectivity index (χ2v) is 7.51. The van der Waals surface area contributed by atoms with Gasteiger partial charge in [0, 0.05) is 18.5 Å². The molecule has 0 saturated carbocycles. The highest BCUT2D eigenvalue weighted by atomic mass is 16.3. The molecule has 5 heteroatoms. The summed E-state index contributed by atoms with van der Waals surface area (Å²) in [4.78, 5) is 25.8. The fourth-order valence-electron chi connectivity index (χ4n) is 2.92. The first-order valence-corrected chi connectivity index (χ1v) is 8.58. The monoisotopic (exact) mass is 332 g/mol. The lowest BCUT2D eigenvalue weighted by atomic mass is 9.87. The first-order valence-electron chi connectivity index (χ1n) is 8.58. The van der Waals surface area contributed by atoms with E-state index in [0.717, 1.165) is 18.4 Å². The summed E-state index contributed by atoms with van der Waals surface area (Å²) in [5.41, 5.74) is 0.437. The maximum absolute atomic E-state index is 12.2. The average Bonchev–Trinajstić information content (AvgIpc) is 2.58. The van der Waals surface area contributed by atoms with E-state index in [9.17, 15) is 14.7 Å². The number of piperidine rings is 1. The number of aliphatic hydroxyl groups excluding tert-OH is 1. The van der Waals surface area contributed by atoms with Crippen molar-refractivity contribution in [3.8, 4) is 0 Å². The van der Waals surface area contributed by atoms with Crippen molar-refractivity contribution in [2.24, 2.45) is 11.3 Å². The molecule has 1 heterocycles. The van der Waals surface area contributed by atoms with Crippen LogP contribution in [0, 0.1) is 11.3 Å². The summed E-state index contributed by atoms with van der Waals surface area (Å²) < 4.78 is 0. The van der Waals surface area contributed by atoms with Gasteiger partial charge in [0.05, 0.1) is 12.6 Å². The molecular weight excluding hydrogens is 304 g/mol. The zero-order chi connectivity index (χ0) is 17.7. The zero-order valence-electron chi connectivity index (χ0n) is 14.8. The summed E-state index contributed by atoms with van der Waals surface area (Å²) in [6, 6.07) is 9.65. The Morgan fingerprint density at radius 2 is 1.79 bits per heavy atom. The van der Waals surface area contributed by atoms with Gasteiger partial charge >= 0.3 is 0 Å². The average molecular weight is 332 g/mol. The Morgan fingerprint density at radius 3 is 2.33 bits per heavy atom. The lowest BCUT2D eigenvalue weighted by Gasteiger charge is -2.34. The molecule has 2 rings (SSSR count). The van der Waals surface area contributed by atoms with Gasteiger partial charge in [0.25, 0.3) is 0 Å². The maximum atomic E-state index is 12.2. The molecule has 1 saturated heterocycles. The Kier molecular flexibility index (Phi) is 5.99. The summed E-state index contributed by atoms with van der Waals surface area (Å²) in [5, 5.41) is 13.2. The van der Waals surface area contributed by atoms with Gasteiger partial charge in [-0.25, -0.2) is 0 Å². The van der Waals surface area contributed by atoms with Crippen LogP contribution in [0.15, 0.2) is 30.3 Å². The van der Waals surface area contributed by atoms with Crippen molar-refractivity contribution in [3.05, 3.63) is 35.9 Å². The molecular formula is C19H28N2O3. The molecule has 0 aromatic heterocycles. The molecule has 1 atom stereocenters. The molecule has 1 aromatic rings. The number of nitrogens with one attached hydrogen (secondary N) is 1. The molecule has 5 nitrogen and oxygen atoms in total. The molecule has 0 spiro atoms. The Bertz CT molecular complexity index is 558. The molecule has 0 bridgehead atoms. The van der Waals surface area contributed by atoms with Gasteiger partial charge in [0.1, 0.15) is 0 Å². The Morgan fingerprint density at radius 1 is 1.21 bits per heavy atom. The van der Waals surface area contributed by atoms with Crippen molar-refractivity contribution in [2.75, 3.05) is 19.6 Å². The van der Waals surface area contributed by atoms with Crippen molar-refractivity contribution in [1.29, 1.82) is 0 Å². The zero-order valence-corrected chi connectivity index (χ0v) is 14.8. The van der Waals surface area contributed by atoms with Gasteiger partial charge in [-0.05, 0) is 24.3 Å². The Balaban J connectivity index is 1.80. The van der Waals surface area contributed by atoms with E-state index in [4.69, 9.17) is 0 Å². The van der Waals surface area contributed by atoms with E-state index in [1.54, 1.807) is 4.90 Å². The molecule has 24 heavy (non-hydrogen) atoms. The van der Waals surface area contributed by atoms with Crippen LogP contribution in [0.4, 0.5) is 0 Å². The molecule has 1 unspecified atom stereocenters. The molecule has 1 fully saturated rings. The normalized spacial score (nSPS) is 17.4. The smallest absolute Gasteiger partial charge is 0.241 e. The van der Waals surface area contributed by atoms with Gasteiger partial charge in [0.15, 0.2) is 0 Å². The second-order valence-electron chi connectivity index (χ2n) is 7.51. The summed E-state index contributed by atoms with van der Waals surface area (Å²) in [5.74, 6) is -0.00824. The van der Waals surface area contributed by atoms with Crippen molar-refractivity contribution < 1.29 is 14.7 Å². The number of hydrogen-bond donors (Lipinski definition) is 2. The topological polar surface area (TPSA) is 69.6 Å². The predicted octanol–water partition coefficient (Wildman–Crippen LogP) is 2.12. The van der Waals surface area contributed by atoms with E-state index in [1.165, 1.54) is 0 Å². The van der Waals surface area contributed by atoms with Crippen molar-refractivity contribution in [1.82, 2.24) is 10.2 Å². The number of nitrogens with zero attached hydrogens (tertiary/aromatic N) is 1. The molecule has 2 amide bonds. The third kappa shape index (κ3) is 4.81. The van der Waals surface area contributed by atoms with Gasteiger partial charge in [-0.3, -0.25) is 9.59 Å². The minimum Gasteiger partial charge on any atom is -0.388 e. The van der Waals surface area contributed by atoms with Crippen LogP contribution in [0.5, 0.6) is 0 Å². The quantitative estimate of drug-likeness (QED) is 0.887. The number of aliphatic hydroxyl groups is 1. The number of amides is 2. The predicted molar refractivity (Wildman–Crippen MR) is 93.2 cm³/mol. The highest BCUT2D eigenvalue weighted by Gasteiger charge is 2.29. The standard InChI is InChI=1S/C19H28N2O3/c1-19(2,3)18(24)20-13-16(22)21-11-9-15(10-12-21)17(23)14-7-5-4-6-8-14/h4-8,15,17,23H,9-13H2,1-3H3,(H,20,24). The van der Waals surface area contributed by atoms with E-state index < -0.39 is 11.5 Å². The summed E-state index contributed by atoms with van der Waals surface area (Å²) >= 11 is 0.